The minimum atomic E-state index is 0.615. The number of nitrogens with zero attached hydrogens (tertiary/aromatic N) is 2. The van der Waals surface area contributed by atoms with Crippen LogP contribution in [0.5, 0.6) is 0 Å². The number of anilines is 2. The Balaban J connectivity index is 1.86. The van der Waals surface area contributed by atoms with E-state index in [-0.39, 0.29) is 0 Å². The first-order chi connectivity index (χ1) is 9.08. The van der Waals surface area contributed by atoms with Crippen LogP contribution in [0.15, 0.2) is 10.7 Å². The molecule has 5 heteroatoms. The van der Waals surface area contributed by atoms with Gasteiger partial charge in [0.05, 0.1) is 16.4 Å². The molecule has 4 nitrogen and oxygen atoms in total. The van der Waals surface area contributed by atoms with E-state index in [1.807, 2.05) is 6.92 Å². The van der Waals surface area contributed by atoms with Crippen LogP contribution in [0.1, 0.15) is 25.3 Å². The van der Waals surface area contributed by atoms with Gasteiger partial charge in [0, 0.05) is 13.1 Å². The van der Waals surface area contributed by atoms with Crippen molar-refractivity contribution in [3.8, 4) is 0 Å². The number of halogens is 1. The van der Waals surface area contributed by atoms with Crippen LogP contribution in [0.4, 0.5) is 11.5 Å². The van der Waals surface area contributed by atoms with Crippen LogP contribution in [0.25, 0.3) is 0 Å². The van der Waals surface area contributed by atoms with Crippen molar-refractivity contribution < 1.29 is 0 Å². The van der Waals surface area contributed by atoms with E-state index in [4.69, 9.17) is 5.73 Å². The second kappa shape index (κ2) is 6.57. The Morgan fingerprint density at radius 3 is 2.84 bits per heavy atom. The summed E-state index contributed by atoms with van der Waals surface area (Å²) < 4.78 is 0.973. The summed E-state index contributed by atoms with van der Waals surface area (Å²) in [6.45, 7) is 8.90. The topological polar surface area (TPSA) is 54.2 Å². The molecule has 1 aromatic rings. The summed E-state index contributed by atoms with van der Waals surface area (Å²) in [6.07, 6.45) is 4.42. The lowest BCUT2D eigenvalue weighted by Crippen LogP contribution is -2.29. The summed E-state index contributed by atoms with van der Waals surface area (Å²) in [6, 6.07) is 0. The summed E-state index contributed by atoms with van der Waals surface area (Å²) >= 11 is 3.55. The fourth-order valence-electron chi connectivity index (χ4n) is 2.46. The maximum Gasteiger partial charge on any atom is 0.140 e. The van der Waals surface area contributed by atoms with Gasteiger partial charge < -0.3 is 16.0 Å². The van der Waals surface area contributed by atoms with E-state index in [0.29, 0.717) is 5.92 Å². The van der Waals surface area contributed by atoms with Crippen LogP contribution in [0, 0.1) is 12.8 Å². The van der Waals surface area contributed by atoms with Crippen molar-refractivity contribution in [2.45, 2.75) is 26.7 Å². The Morgan fingerprint density at radius 1 is 1.47 bits per heavy atom. The molecule has 2 rings (SSSR count). The average molecular weight is 327 g/mol. The Labute approximate surface area is 123 Å². The molecule has 2 heterocycles. The summed E-state index contributed by atoms with van der Waals surface area (Å²) in [4.78, 5) is 6.89. The summed E-state index contributed by atoms with van der Waals surface area (Å²) in [5.41, 5.74) is 7.60. The highest BCUT2D eigenvalue weighted by Crippen LogP contribution is 2.27. The lowest BCUT2D eigenvalue weighted by molar-refractivity contribution is 0.294. The van der Waals surface area contributed by atoms with Crippen LogP contribution >= 0.6 is 15.9 Å². The first-order valence-corrected chi connectivity index (χ1v) is 7.74. The highest BCUT2D eigenvalue weighted by Gasteiger charge is 2.15. The second-order valence-corrected chi connectivity index (χ2v) is 6.29. The van der Waals surface area contributed by atoms with Crippen molar-refractivity contribution in [1.82, 2.24) is 9.88 Å². The van der Waals surface area contributed by atoms with Gasteiger partial charge in [-0.15, -0.1) is 0 Å². The van der Waals surface area contributed by atoms with E-state index in [0.717, 1.165) is 28.1 Å². The standard InChI is InChI=1S/C14H23BrN4/c1-10(9-19-5-3-4-6-19)7-17-14-13(15)11(2)12(16)8-18-14/h8,10H,3-7,9,16H2,1-2H3,(H,17,18). The normalized spacial score (nSPS) is 17.6. The molecule has 0 radical (unpaired) electrons. The van der Waals surface area contributed by atoms with Crippen LogP contribution in [0.2, 0.25) is 0 Å². The van der Waals surface area contributed by atoms with E-state index >= 15 is 0 Å². The SMILES string of the molecule is Cc1c(N)cnc(NCC(C)CN2CCCC2)c1Br. The largest absolute Gasteiger partial charge is 0.397 e. The number of nitrogens with one attached hydrogen (secondary N) is 1. The van der Waals surface area contributed by atoms with Crippen molar-refractivity contribution in [2.75, 3.05) is 37.2 Å². The molecule has 0 aliphatic carbocycles. The molecule has 1 saturated heterocycles. The summed E-state index contributed by atoms with van der Waals surface area (Å²) in [5.74, 6) is 1.50. The van der Waals surface area contributed by atoms with Crippen LogP contribution in [-0.2, 0) is 0 Å². The highest BCUT2D eigenvalue weighted by atomic mass is 79.9. The van der Waals surface area contributed by atoms with Gasteiger partial charge in [0.2, 0.25) is 0 Å². The maximum absolute atomic E-state index is 5.83. The molecule has 1 aromatic heterocycles. The highest BCUT2D eigenvalue weighted by molar-refractivity contribution is 9.10. The first-order valence-electron chi connectivity index (χ1n) is 6.94. The van der Waals surface area contributed by atoms with E-state index < -0.39 is 0 Å². The molecule has 1 fully saturated rings. The van der Waals surface area contributed by atoms with Crippen molar-refractivity contribution in [1.29, 1.82) is 0 Å². The Morgan fingerprint density at radius 2 is 2.16 bits per heavy atom. The van der Waals surface area contributed by atoms with E-state index in [9.17, 15) is 0 Å². The molecule has 1 atom stereocenters. The van der Waals surface area contributed by atoms with E-state index in [2.05, 4.69) is 38.1 Å². The predicted molar refractivity (Wildman–Crippen MR) is 84.4 cm³/mol. The predicted octanol–water partition coefficient (Wildman–Crippen LogP) is 2.88. The molecule has 1 unspecified atom stereocenters. The molecule has 0 saturated carbocycles. The van der Waals surface area contributed by atoms with Gasteiger partial charge in [0.25, 0.3) is 0 Å². The second-order valence-electron chi connectivity index (χ2n) is 5.49. The van der Waals surface area contributed by atoms with E-state index in [1.54, 1.807) is 6.20 Å². The third-order valence-corrected chi connectivity index (χ3v) is 4.66. The molecular weight excluding hydrogens is 304 g/mol. The third-order valence-electron chi connectivity index (χ3n) is 3.69. The van der Waals surface area contributed by atoms with E-state index in [1.165, 1.54) is 32.5 Å². The summed E-state index contributed by atoms with van der Waals surface area (Å²) in [7, 11) is 0. The van der Waals surface area contributed by atoms with Crippen molar-refractivity contribution >= 4 is 27.4 Å². The van der Waals surface area contributed by atoms with Gasteiger partial charge in [-0.3, -0.25) is 0 Å². The van der Waals surface area contributed by atoms with Gasteiger partial charge in [0.15, 0.2) is 0 Å². The lowest BCUT2D eigenvalue weighted by Gasteiger charge is -2.21. The smallest absolute Gasteiger partial charge is 0.140 e. The number of aromatic nitrogens is 1. The van der Waals surface area contributed by atoms with Gasteiger partial charge in [-0.2, -0.15) is 0 Å². The average Bonchev–Trinajstić information content (AvgIpc) is 2.88. The number of nitrogens with two attached hydrogens (primary N) is 1. The van der Waals surface area contributed by atoms with Crippen LogP contribution < -0.4 is 11.1 Å². The molecule has 106 valence electrons. The van der Waals surface area contributed by atoms with Crippen LogP contribution in [0.3, 0.4) is 0 Å². The zero-order chi connectivity index (χ0) is 13.8. The van der Waals surface area contributed by atoms with Gasteiger partial charge in [0.1, 0.15) is 5.82 Å². The Hall–Kier alpha value is -0.810. The van der Waals surface area contributed by atoms with Gasteiger partial charge in [-0.25, -0.2) is 4.98 Å². The number of hydrogen-bond donors (Lipinski definition) is 2. The molecular formula is C14H23BrN4. The zero-order valence-corrected chi connectivity index (χ0v) is 13.3. The molecule has 1 aliphatic rings. The minimum Gasteiger partial charge on any atom is -0.397 e. The lowest BCUT2D eigenvalue weighted by atomic mass is 10.1. The maximum atomic E-state index is 5.83. The van der Waals surface area contributed by atoms with Crippen LogP contribution in [-0.4, -0.2) is 36.1 Å². The first kappa shape index (κ1) is 14.6. The molecule has 1 aliphatic heterocycles. The number of hydrogen-bond acceptors (Lipinski definition) is 4. The molecule has 0 bridgehead atoms. The molecule has 19 heavy (non-hydrogen) atoms. The minimum absolute atomic E-state index is 0.615. The Bertz CT molecular complexity index is 430. The van der Waals surface area contributed by atoms with Crippen molar-refractivity contribution in [2.24, 2.45) is 5.92 Å². The van der Waals surface area contributed by atoms with Gasteiger partial charge in [-0.05, 0) is 60.3 Å². The fourth-order valence-corrected chi connectivity index (χ4v) is 2.93. The molecule has 3 N–H and O–H groups in total. The molecule has 0 amide bonds. The van der Waals surface area contributed by atoms with Crippen molar-refractivity contribution in [3.63, 3.8) is 0 Å². The Kier molecular flexibility index (Phi) is 5.05. The van der Waals surface area contributed by atoms with Gasteiger partial charge >= 0.3 is 0 Å². The fraction of sp³-hybridized carbons (Fsp3) is 0.643. The zero-order valence-electron chi connectivity index (χ0n) is 11.7. The number of rotatable bonds is 5. The third kappa shape index (κ3) is 3.83. The molecule has 0 spiro atoms. The quantitative estimate of drug-likeness (QED) is 0.873. The number of likely N-dealkylation sites (tertiary alicyclic amines) is 1. The number of pyridine rings is 1. The monoisotopic (exact) mass is 326 g/mol. The van der Waals surface area contributed by atoms with Crippen molar-refractivity contribution in [3.05, 3.63) is 16.2 Å². The summed E-state index contributed by atoms with van der Waals surface area (Å²) in [5, 5.41) is 3.41. The van der Waals surface area contributed by atoms with Gasteiger partial charge in [-0.1, -0.05) is 6.92 Å². The molecule has 0 aromatic carbocycles. The number of nitrogen functional groups attached to an aromatic ring is 1.